The molecule has 0 aromatic rings. The second-order valence-electron chi connectivity index (χ2n) is 4.31. The fraction of sp³-hybridized carbons (Fsp3) is 0.909. The van der Waals surface area contributed by atoms with Crippen molar-refractivity contribution in [2.24, 2.45) is 0 Å². The summed E-state index contributed by atoms with van der Waals surface area (Å²) in [5, 5.41) is 3.18. The minimum atomic E-state index is -0.116. The van der Waals surface area contributed by atoms with Crippen LogP contribution >= 0.6 is 0 Å². The molecule has 16 heavy (non-hydrogen) atoms. The number of nitrogens with zero attached hydrogens (tertiary/aromatic N) is 1. The molecule has 0 radical (unpaired) electrons. The van der Waals surface area contributed by atoms with Crippen LogP contribution in [-0.2, 0) is 14.3 Å². The molecular weight excluding hydrogens is 208 g/mol. The summed E-state index contributed by atoms with van der Waals surface area (Å²) in [4.78, 5) is 13.8. The molecule has 1 rings (SSSR count). The number of methoxy groups -OCH3 is 2. The number of amides is 1. The first-order valence-corrected chi connectivity index (χ1v) is 5.62. The van der Waals surface area contributed by atoms with Crippen molar-refractivity contribution < 1.29 is 14.3 Å². The molecule has 1 amide bonds. The number of hydrogen-bond acceptors (Lipinski definition) is 4. The van der Waals surface area contributed by atoms with Crippen molar-refractivity contribution in [1.82, 2.24) is 10.2 Å². The highest BCUT2D eigenvalue weighted by atomic mass is 16.5. The molecule has 0 aromatic carbocycles. The molecule has 1 saturated heterocycles. The van der Waals surface area contributed by atoms with E-state index in [-0.39, 0.29) is 24.1 Å². The van der Waals surface area contributed by atoms with Crippen molar-refractivity contribution in [3.05, 3.63) is 0 Å². The summed E-state index contributed by atoms with van der Waals surface area (Å²) in [6.45, 7) is 3.28. The van der Waals surface area contributed by atoms with Crippen LogP contribution in [0.15, 0.2) is 0 Å². The van der Waals surface area contributed by atoms with E-state index in [0.29, 0.717) is 6.61 Å². The van der Waals surface area contributed by atoms with Crippen molar-refractivity contribution >= 4 is 5.91 Å². The number of carbonyl (C=O) groups is 1. The SMILES string of the molecule is COCC(C)N(C)C(=O)C1CC(OC)CN1. The first-order valence-electron chi connectivity index (χ1n) is 5.62. The molecule has 3 atom stereocenters. The monoisotopic (exact) mass is 230 g/mol. The topological polar surface area (TPSA) is 50.8 Å². The molecule has 5 nitrogen and oxygen atoms in total. The van der Waals surface area contributed by atoms with Crippen LogP contribution in [0.2, 0.25) is 0 Å². The minimum absolute atomic E-state index is 0.0981. The Hall–Kier alpha value is -0.650. The second kappa shape index (κ2) is 6.18. The lowest BCUT2D eigenvalue weighted by Crippen LogP contribution is -2.46. The Morgan fingerprint density at radius 1 is 1.56 bits per heavy atom. The van der Waals surface area contributed by atoms with Gasteiger partial charge in [-0.25, -0.2) is 0 Å². The molecule has 1 aliphatic rings. The van der Waals surface area contributed by atoms with E-state index in [1.54, 1.807) is 19.1 Å². The molecule has 0 bridgehead atoms. The highest BCUT2D eigenvalue weighted by Crippen LogP contribution is 2.12. The normalized spacial score (nSPS) is 26.8. The molecule has 3 unspecified atom stereocenters. The zero-order chi connectivity index (χ0) is 12.1. The smallest absolute Gasteiger partial charge is 0.239 e. The van der Waals surface area contributed by atoms with Gasteiger partial charge in [0.2, 0.25) is 5.91 Å². The van der Waals surface area contributed by atoms with Crippen LogP contribution in [0.25, 0.3) is 0 Å². The van der Waals surface area contributed by atoms with Gasteiger partial charge in [-0.05, 0) is 13.3 Å². The molecule has 0 spiro atoms. The quantitative estimate of drug-likeness (QED) is 0.714. The molecule has 5 heteroatoms. The van der Waals surface area contributed by atoms with Crippen molar-refractivity contribution in [3.63, 3.8) is 0 Å². The van der Waals surface area contributed by atoms with Gasteiger partial charge in [-0.15, -0.1) is 0 Å². The maximum absolute atomic E-state index is 12.1. The summed E-state index contributed by atoms with van der Waals surface area (Å²) < 4.78 is 10.3. The van der Waals surface area contributed by atoms with Crippen LogP contribution in [-0.4, -0.2) is 63.4 Å². The molecular formula is C11H22N2O3. The lowest BCUT2D eigenvalue weighted by atomic mass is 10.1. The van der Waals surface area contributed by atoms with Crippen molar-refractivity contribution in [2.45, 2.75) is 31.5 Å². The van der Waals surface area contributed by atoms with E-state index < -0.39 is 0 Å². The van der Waals surface area contributed by atoms with Crippen LogP contribution < -0.4 is 5.32 Å². The van der Waals surface area contributed by atoms with Gasteiger partial charge in [0.05, 0.1) is 24.8 Å². The maximum Gasteiger partial charge on any atom is 0.239 e. The van der Waals surface area contributed by atoms with Crippen LogP contribution in [0.1, 0.15) is 13.3 Å². The predicted molar refractivity (Wildman–Crippen MR) is 61.3 cm³/mol. The van der Waals surface area contributed by atoms with E-state index in [9.17, 15) is 4.79 Å². The fourth-order valence-electron chi connectivity index (χ4n) is 1.89. The molecule has 0 aliphatic carbocycles. The van der Waals surface area contributed by atoms with Gasteiger partial charge in [0.15, 0.2) is 0 Å². The Morgan fingerprint density at radius 3 is 2.75 bits per heavy atom. The van der Waals surface area contributed by atoms with Crippen LogP contribution in [0.4, 0.5) is 0 Å². The second-order valence-corrected chi connectivity index (χ2v) is 4.31. The van der Waals surface area contributed by atoms with Crippen molar-refractivity contribution in [1.29, 1.82) is 0 Å². The Morgan fingerprint density at radius 2 is 2.25 bits per heavy atom. The third-order valence-electron chi connectivity index (χ3n) is 3.14. The summed E-state index contributed by atoms with van der Waals surface area (Å²) in [5.41, 5.74) is 0. The van der Waals surface area contributed by atoms with Gasteiger partial charge in [0.1, 0.15) is 0 Å². The average molecular weight is 230 g/mol. The standard InChI is InChI=1S/C11H22N2O3/c1-8(7-15-3)13(2)11(14)10-5-9(16-4)6-12-10/h8-10,12H,5-7H2,1-4H3. The lowest BCUT2D eigenvalue weighted by Gasteiger charge is -2.27. The summed E-state index contributed by atoms with van der Waals surface area (Å²) in [6.07, 6.45) is 0.902. The largest absolute Gasteiger partial charge is 0.383 e. The average Bonchev–Trinajstić information content (AvgIpc) is 2.75. The highest BCUT2D eigenvalue weighted by Gasteiger charge is 2.32. The van der Waals surface area contributed by atoms with Crippen LogP contribution in [0.3, 0.4) is 0 Å². The summed E-state index contributed by atoms with van der Waals surface area (Å²) in [5.74, 6) is 0.115. The van der Waals surface area contributed by atoms with Crippen LogP contribution in [0.5, 0.6) is 0 Å². The van der Waals surface area contributed by atoms with Crippen LogP contribution in [0, 0.1) is 0 Å². The van der Waals surface area contributed by atoms with Gasteiger partial charge in [-0.1, -0.05) is 0 Å². The molecule has 1 heterocycles. The third-order valence-corrected chi connectivity index (χ3v) is 3.14. The van der Waals surface area contributed by atoms with Gasteiger partial charge in [-0.2, -0.15) is 0 Å². The zero-order valence-electron chi connectivity index (χ0n) is 10.5. The number of carbonyl (C=O) groups excluding carboxylic acids is 1. The summed E-state index contributed by atoms with van der Waals surface area (Å²) in [6, 6.07) is -0.0184. The first kappa shape index (κ1) is 13.4. The van der Waals surface area contributed by atoms with E-state index in [0.717, 1.165) is 13.0 Å². The summed E-state index contributed by atoms with van der Waals surface area (Å²) >= 11 is 0. The number of rotatable bonds is 5. The molecule has 0 saturated carbocycles. The van der Waals surface area contributed by atoms with Crippen molar-refractivity contribution in [3.8, 4) is 0 Å². The maximum atomic E-state index is 12.1. The molecule has 1 aliphatic heterocycles. The first-order chi connectivity index (χ1) is 7.60. The number of ether oxygens (including phenoxy) is 2. The Bertz CT molecular complexity index is 231. The minimum Gasteiger partial charge on any atom is -0.383 e. The highest BCUT2D eigenvalue weighted by molar-refractivity contribution is 5.82. The predicted octanol–water partition coefficient (Wildman–Crippen LogP) is -0.143. The molecule has 1 N–H and O–H groups in total. The van der Waals surface area contributed by atoms with E-state index in [2.05, 4.69) is 5.32 Å². The van der Waals surface area contributed by atoms with Gasteiger partial charge in [0, 0.05) is 27.8 Å². The van der Waals surface area contributed by atoms with Gasteiger partial charge in [-0.3, -0.25) is 4.79 Å². The van der Waals surface area contributed by atoms with Gasteiger partial charge >= 0.3 is 0 Å². The van der Waals surface area contributed by atoms with Gasteiger partial charge < -0.3 is 19.7 Å². The lowest BCUT2D eigenvalue weighted by molar-refractivity contribution is -0.134. The van der Waals surface area contributed by atoms with Crippen molar-refractivity contribution in [2.75, 3.05) is 34.4 Å². The molecule has 94 valence electrons. The van der Waals surface area contributed by atoms with E-state index in [1.165, 1.54) is 0 Å². The van der Waals surface area contributed by atoms with E-state index in [1.807, 2.05) is 14.0 Å². The number of nitrogens with one attached hydrogen (secondary N) is 1. The van der Waals surface area contributed by atoms with E-state index >= 15 is 0 Å². The Labute approximate surface area is 97.1 Å². The zero-order valence-corrected chi connectivity index (χ0v) is 10.5. The third kappa shape index (κ3) is 3.17. The Kier molecular flexibility index (Phi) is 5.18. The number of likely N-dealkylation sites (N-methyl/N-ethyl adjacent to an activating group) is 1. The fourth-order valence-corrected chi connectivity index (χ4v) is 1.89. The Balaban J connectivity index is 2.45. The molecule has 0 aromatic heterocycles. The van der Waals surface area contributed by atoms with E-state index in [4.69, 9.17) is 9.47 Å². The number of hydrogen-bond donors (Lipinski definition) is 1. The summed E-state index contributed by atoms with van der Waals surface area (Å²) in [7, 11) is 5.13. The molecule has 1 fully saturated rings. The van der Waals surface area contributed by atoms with Gasteiger partial charge in [0.25, 0.3) is 0 Å².